The fourth-order valence-electron chi connectivity index (χ4n) is 4.38. The number of nitrogens with zero attached hydrogens (tertiary/aromatic N) is 1. The Kier molecular flexibility index (Phi) is 2.84. The van der Waals surface area contributed by atoms with Crippen LogP contribution < -0.4 is 5.73 Å². The average molecular weight is 291 g/mol. The van der Waals surface area contributed by atoms with E-state index in [0.29, 0.717) is 24.8 Å². The zero-order valence-corrected chi connectivity index (χ0v) is 12.1. The molecule has 2 atom stereocenters. The molecule has 0 spiro atoms. The van der Waals surface area contributed by atoms with Crippen LogP contribution in [0, 0.1) is 12.0 Å². The summed E-state index contributed by atoms with van der Waals surface area (Å²) in [5, 5.41) is 0. The molecule has 4 heteroatoms. The van der Waals surface area contributed by atoms with E-state index in [1.54, 1.807) is 0 Å². The fourth-order valence-corrected chi connectivity index (χ4v) is 4.38. The molecule has 3 fully saturated rings. The summed E-state index contributed by atoms with van der Waals surface area (Å²) in [4.78, 5) is 2.44. The Balaban J connectivity index is 1.47. The summed E-state index contributed by atoms with van der Waals surface area (Å²) in [5.74, 6) is -1.77. The lowest BCUT2D eigenvalue weighted by atomic mass is 9.90. The van der Waals surface area contributed by atoms with Gasteiger partial charge in [0.1, 0.15) is 0 Å². The molecule has 113 valence electrons. The predicted octanol–water partition coefficient (Wildman–Crippen LogP) is 3.22. The highest BCUT2D eigenvalue weighted by Gasteiger charge is 2.61. The molecule has 0 aromatic heterocycles. The van der Waals surface area contributed by atoms with Gasteiger partial charge in [0.05, 0.1) is 0 Å². The number of benzene rings is 1. The standard InChI is InChI=1S/C17H21F2N2/c18-17(19)6-4-15(5-7-17)21-10-13-9-16(13,11-21)12-2-1-3-14(20)8-12/h1,3,8,13,15H,4-7,9-11,20H2/t13-,16+/m1/s1. The lowest BCUT2D eigenvalue weighted by molar-refractivity contribution is -0.0526. The van der Waals surface area contributed by atoms with Gasteiger partial charge in [-0.15, -0.1) is 0 Å². The maximum Gasteiger partial charge on any atom is 0.248 e. The lowest BCUT2D eigenvalue weighted by Gasteiger charge is -2.36. The van der Waals surface area contributed by atoms with Crippen LogP contribution in [0.2, 0.25) is 0 Å². The van der Waals surface area contributed by atoms with E-state index in [2.05, 4.69) is 11.0 Å². The first-order valence-corrected chi connectivity index (χ1v) is 7.88. The molecule has 0 unspecified atom stereocenters. The van der Waals surface area contributed by atoms with Crippen LogP contribution in [0.1, 0.15) is 37.7 Å². The molecule has 0 bridgehead atoms. The van der Waals surface area contributed by atoms with E-state index in [0.717, 1.165) is 18.8 Å². The number of rotatable bonds is 2. The van der Waals surface area contributed by atoms with E-state index < -0.39 is 5.92 Å². The van der Waals surface area contributed by atoms with E-state index in [9.17, 15) is 8.78 Å². The number of hydrogen-bond acceptors (Lipinski definition) is 2. The monoisotopic (exact) mass is 291 g/mol. The molecule has 0 amide bonds. The number of nitrogens with two attached hydrogens (primary N) is 1. The van der Waals surface area contributed by atoms with Crippen molar-refractivity contribution in [3.63, 3.8) is 0 Å². The molecule has 1 aliphatic heterocycles. The molecule has 3 aliphatic rings. The van der Waals surface area contributed by atoms with Gasteiger partial charge in [-0.05, 0) is 48.9 Å². The van der Waals surface area contributed by atoms with Crippen molar-refractivity contribution >= 4 is 5.69 Å². The number of halogens is 2. The van der Waals surface area contributed by atoms with Crippen molar-refractivity contribution in [3.8, 4) is 0 Å². The Morgan fingerprint density at radius 3 is 2.76 bits per heavy atom. The van der Waals surface area contributed by atoms with Crippen LogP contribution in [0.5, 0.6) is 0 Å². The van der Waals surface area contributed by atoms with Gasteiger partial charge >= 0.3 is 0 Å². The fraction of sp³-hybridized carbons (Fsp3) is 0.647. The van der Waals surface area contributed by atoms with Crippen molar-refractivity contribution in [3.05, 3.63) is 29.8 Å². The van der Waals surface area contributed by atoms with Crippen LogP contribution in [0.3, 0.4) is 0 Å². The summed E-state index contributed by atoms with van der Waals surface area (Å²) >= 11 is 0. The first kappa shape index (κ1) is 13.5. The van der Waals surface area contributed by atoms with Gasteiger partial charge in [-0.2, -0.15) is 0 Å². The maximum absolute atomic E-state index is 13.3. The van der Waals surface area contributed by atoms with Gasteiger partial charge in [0.15, 0.2) is 0 Å². The molecule has 4 rings (SSSR count). The van der Waals surface area contributed by atoms with E-state index in [-0.39, 0.29) is 18.3 Å². The van der Waals surface area contributed by atoms with Gasteiger partial charge in [0.2, 0.25) is 5.92 Å². The molecule has 2 nitrogen and oxygen atoms in total. The molecule has 1 aromatic rings. The second-order valence-electron chi connectivity index (χ2n) is 7.11. The van der Waals surface area contributed by atoms with Gasteiger partial charge < -0.3 is 5.73 Å². The van der Waals surface area contributed by atoms with Crippen molar-refractivity contribution in [2.75, 3.05) is 18.8 Å². The minimum atomic E-state index is -2.43. The minimum absolute atomic E-state index is 0.0518. The second-order valence-corrected chi connectivity index (χ2v) is 7.11. The van der Waals surface area contributed by atoms with Gasteiger partial charge in [-0.3, -0.25) is 4.90 Å². The second kappa shape index (κ2) is 4.42. The Labute approximate surface area is 124 Å². The summed E-state index contributed by atoms with van der Waals surface area (Å²) in [6.07, 6.45) is 2.58. The molecule has 1 saturated heterocycles. The van der Waals surface area contributed by atoms with Gasteiger partial charge in [0.25, 0.3) is 0 Å². The van der Waals surface area contributed by atoms with Crippen molar-refractivity contribution in [2.24, 2.45) is 5.92 Å². The third kappa shape index (κ3) is 2.24. The lowest BCUT2D eigenvalue weighted by Crippen LogP contribution is -2.41. The molecular weight excluding hydrogens is 270 g/mol. The van der Waals surface area contributed by atoms with Crippen molar-refractivity contribution < 1.29 is 8.78 Å². The van der Waals surface area contributed by atoms with Crippen molar-refractivity contribution in [2.45, 2.75) is 49.5 Å². The zero-order valence-electron chi connectivity index (χ0n) is 12.1. The highest BCUT2D eigenvalue weighted by atomic mass is 19.3. The highest BCUT2D eigenvalue weighted by molar-refractivity contribution is 5.46. The first-order chi connectivity index (χ1) is 9.98. The predicted molar refractivity (Wildman–Crippen MR) is 78.3 cm³/mol. The molecule has 1 heterocycles. The summed E-state index contributed by atoms with van der Waals surface area (Å²) in [6, 6.07) is 9.50. The molecule has 2 saturated carbocycles. The number of likely N-dealkylation sites (tertiary alicyclic amines) is 1. The number of hydrogen-bond donors (Lipinski definition) is 1. The summed E-state index contributed by atoms with van der Waals surface area (Å²) < 4.78 is 26.6. The molecule has 2 N–H and O–H groups in total. The largest absolute Gasteiger partial charge is 0.399 e. The van der Waals surface area contributed by atoms with Gasteiger partial charge in [0, 0.05) is 43.1 Å². The summed E-state index contributed by atoms with van der Waals surface area (Å²) in [7, 11) is 0. The smallest absolute Gasteiger partial charge is 0.248 e. The van der Waals surface area contributed by atoms with Gasteiger partial charge in [-0.1, -0.05) is 6.07 Å². The van der Waals surface area contributed by atoms with Crippen LogP contribution in [-0.2, 0) is 5.41 Å². The van der Waals surface area contributed by atoms with Crippen LogP contribution in [0.4, 0.5) is 14.5 Å². The highest BCUT2D eigenvalue weighted by Crippen LogP contribution is 2.60. The van der Waals surface area contributed by atoms with E-state index >= 15 is 0 Å². The first-order valence-electron chi connectivity index (χ1n) is 7.88. The SMILES string of the molecule is Nc1cc[c]c([C@@]23C[C@@H]2CN(C2CCC(F)(F)CC2)C3)c1. The summed E-state index contributed by atoms with van der Waals surface area (Å²) in [5.41, 5.74) is 8.11. The molecule has 21 heavy (non-hydrogen) atoms. The van der Waals surface area contributed by atoms with E-state index in [4.69, 9.17) is 5.73 Å². The molecular formula is C17H21F2N2. The third-order valence-corrected chi connectivity index (χ3v) is 5.74. The van der Waals surface area contributed by atoms with Crippen LogP contribution in [0.15, 0.2) is 18.2 Å². The minimum Gasteiger partial charge on any atom is -0.399 e. The normalized spacial score (nSPS) is 35.6. The quantitative estimate of drug-likeness (QED) is 0.848. The van der Waals surface area contributed by atoms with Crippen molar-refractivity contribution in [1.29, 1.82) is 0 Å². The zero-order chi connectivity index (χ0) is 14.7. The molecule has 1 aromatic carbocycles. The number of nitrogen functional groups attached to an aromatic ring is 1. The third-order valence-electron chi connectivity index (χ3n) is 5.74. The molecule has 1 radical (unpaired) electrons. The maximum atomic E-state index is 13.3. The van der Waals surface area contributed by atoms with Crippen LogP contribution >= 0.6 is 0 Å². The van der Waals surface area contributed by atoms with Crippen molar-refractivity contribution in [1.82, 2.24) is 4.90 Å². The Hall–Kier alpha value is -1.16. The van der Waals surface area contributed by atoms with Crippen LogP contribution in [0.25, 0.3) is 0 Å². The Morgan fingerprint density at radius 2 is 2.05 bits per heavy atom. The average Bonchev–Trinajstić information content (AvgIpc) is 3.01. The Morgan fingerprint density at radius 1 is 1.29 bits per heavy atom. The number of fused-ring (bicyclic) bond motifs is 1. The number of piperidine rings is 1. The van der Waals surface area contributed by atoms with E-state index in [1.165, 1.54) is 12.0 Å². The van der Waals surface area contributed by atoms with E-state index in [1.807, 2.05) is 18.2 Å². The van der Waals surface area contributed by atoms with Gasteiger partial charge in [-0.25, -0.2) is 8.78 Å². The molecule has 2 aliphatic carbocycles. The number of anilines is 1. The Bertz CT molecular complexity index is 549. The van der Waals surface area contributed by atoms with Crippen LogP contribution in [-0.4, -0.2) is 30.0 Å². The number of alkyl halides is 2. The summed E-state index contributed by atoms with van der Waals surface area (Å²) in [6.45, 7) is 2.05. The topological polar surface area (TPSA) is 29.3 Å².